The van der Waals surface area contributed by atoms with E-state index in [1.807, 2.05) is 0 Å². The van der Waals surface area contributed by atoms with Gasteiger partial charge in [-0.25, -0.2) is 0 Å². The minimum absolute atomic E-state index is 0.0919. The molecule has 0 rings (SSSR count). The molecule has 0 aliphatic carbocycles. The van der Waals surface area contributed by atoms with E-state index in [4.69, 9.17) is 9.47 Å². The van der Waals surface area contributed by atoms with Crippen LogP contribution in [0.3, 0.4) is 0 Å². The van der Waals surface area contributed by atoms with Crippen LogP contribution in [-0.4, -0.2) is 105 Å². The van der Waals surface area contributed by atoms with Gasteiger partial charge in [-0.1, -0.05) is 155 Å². The van der Waals surface area contributed by atoms with Crippen LogP contribution in [0.25, 0.3) is 0 Å². The van der Waals surface area contributed by atoms with Crippen LogP contribution in [0.4, 0.5) is 0 Å². The third kappa shape index (κ3) is 32.4. The lowest BCUT2D eigenvalue weighted by Crippen LogP contribution is -2.39. The number of unbranched alkanes of at least 4 members (excludes halogenated alkanes) is 22. The van der Waals surface area contributed by atoms with E-state index >= 15 is 0 Å². The number of aliphatic hydroxyl groups excluding tert-OH is 6. The SMILES string of the molecule is CCCCCCCCCCCCCCOCC(O)C(CC(O)CO)SC(CC(O)CO)C(O)COCCCCCCCCCCCCCC. The first-order valence-corrected chi connectivity index (χ1v) is 21.6. The van der Waals surface area contributed by atoms with Gasteiger partial charge in [-0.2, -0.15) is 0 Å². The molecule has 0 aliphatic rings. The maximum Gasteiger partial charge on any atom is 0.0892 e. The van der Waals surface area contributed by atoms with E-state index < -0.39 is 48.1 Å². The highest BCUT2D eigenvalue weighted by atomic mass is 32.2. The number of rotatable bonds is 40. The van der Waals surface area contributed by atoms with Gasteiger partial charge in [0.25, 0.3) is 0 Å². The second-order valence-electron chi connectivity index (χ2n) is 14.4. The first-order chi connectivity index (χ1) is 23.9. The maximum atomic E-state index is 11.0. The van der Waals surface area contributed by atoms with Crippen molar-refractivity contribution < 1.29 is 40.1 Å². The molecule has 6 N–H and O–H groups in total. The maximum absolute atomic E-state index is 11.0. The molecule has 6 atom stereocenters. The van der Waals surface area contributed by atoms with Crippen molar-refractivity contribution in [3.8, 4) is 0 Å². The monoisotopic (exact) mass is 723 g/mol. The van der Waals surface area contributed by atoms with E-state index in [0.717, 1.165) is 25.7 Å². The van der Waals surface area contributed by atoms with E-state index in [0.29, 0.717) is 13.2 Å². The Kier molecular flexibility index (Phi) is 37.8. The third-order valence-electron chi connectivity index (χ3n) is 9.50. The quantitative estimate of drug-likeness (QED) is 0.0346. The van der Waals surface area contributed by atoms with Crippen molar-refractivity contribution in [2.45, 2.75) is 216 Å². The van der Waals surface area contributed by atoms with Crippen LogP contribution in [-0.2, 0) is 9.47 Å². The molecule has 0 saturated carbocycles. The fourth-order valence-corrected chi connectivity index (χ4v) is 7.87. The average Bonchev–Trinajstić information content (AvgIpc) is 3.10. The van der Waals surface area contributed by atoms with Gasteiger partial charge in [-0.3, -0.25) is 0 Å². The van der Waals surface area contributed by atoms with Gasteiger partial charge in [0.1, 0.15) is 0 Å². The Labute approximate surface area is 306 Å². The predicted octanol–water partition coefficient (Wildman–Crippen LogP) is 8.10. The van der Waals surface area contributed by atoms with Crippen molar-refractivity contribution in [1.29, 1.82) is 0 Å². The van der Waals surface area contributed by atoms with Crippen molar-refractivity contribution in [1.82, 2.24) is 0 Å². The summed E-state index contributed by atoms with van der Waals surface area (Å²) in [6, 6.07) is 0. The Hall–Kier alpha value is 0.0300. The summed E-state index contributed by atoms with van der Waals surface area (Å²) in [5.41, 5.74) is 0. The van der Waals surface area contributed by atoms with E-state index in [2.05, 4.69) is 13.8 Å². The molecule has 8 nitrogen and oxygen atoms in total. The van der Waals surface area contributed by atoms with Crippen LogP contribution in [0.15, 0.2) is 0 Å². The Balaban J connectivity index is 4.42. The molecule has 0 fully saturated rings. The average molecular weight is 723 g/mol. The first kappa shape index (κ1) is 49.0. The largest absolute Gasteiger partial charge is 0.394 e. The molecular formula is C40H82O8S. The van der Waals surface area contributed by atoms with E-state index in [9.17, 15) is 30.6 Å². The third-order valence-corrected chi connectivity index (χ3v) is 11.2. The van der Waals surface area contributed by atoms with Crippen LogP contribution >= 0.6 is 11.8 Å². The zero-order chi connectivity index (χ0) is 36.2. The molecule has 0 aliphatic heterocycles. The molecular weight excluding hydrogens is 640 g/mol. The molecule has 0 aromatic heterocycles. The Morgan fingerprint density at radius 2 is 0.673 bits per heavy atom. The molecule has 9 heteroatoms. The molecule has 49 heavy (non-hydrogen) atoms. The minimum Gasteiger partial charge on any atom is -0.394 e. The predicted molar refractivity (Wildman–Crippen MR) is 206 cm³/mol. The fraction of sp³-hybridized carbons (Fsp3) is 1.00. The zero-order valence-corrected chi connectivity index (χ0v) is 32.8. The van der Waals surface area contributed by atoms with Crippen LogP contribution in [0.2, 0.25) is 0 Å². The molecule has 6 unspecified atom stereocenters. The van der Waals surface area contributed by atoms with E-state index in [-0.39, 0.29) is 26.1 Å². The fourth-order valence-electron chi connectivity index (χ4n) is 6.23. The van der Waals surface area contributed by atoms with Crippen molar-refractivity contribution in [2.75, 3.05) is 39.6 Å². The summed E-state index contributed by atoms with van der Waals surface area (Å²) < 4.78 is 11.6. The van der Waals surface area contributed by atoms with Crippen molar-refractivity contribution >= 4 is 11.8 Å². The Morgan fingerprint density at radius 3 is 0.939 bits per heavy atom. The highest BCUT2D eigenvalue weighted by Gasteiger charge is 2.31. The number of hydrogen-bond acceptors (Lipinski definition) is 9. The van der Waals surface area contributed by atoms with Gasteiger partial charge in [0.2, 0.25) is 0 Å². The molecule has 0 heterocycles. The van der Waals surface area contributed by atoms with E-state index in [1.165, 1.54) is 140 Å². The zero-order valence-electron chi connectivity index (χ0n) is 32.0. The summed E-state index contributed by atoms with van der Waals surface area (Å²) in [5.74, 6) is 0. The number of hydrogen-bond donors (Lipinski definition) is 6. The Morgan fingerprint density at radius 1 is 0.408 bits per heavy atom. The summed E-state index contributed by atoms with van der Waals surface area (Å²) in [4.78, 5) is 0. The molecule has 0 aromatic carbocycles. The normalized spacial score (nSPS) is 15.7. The van der Waals surface area contributed by atoms with Crippen molar-refractivity contribution in [2.24, 2.45) is 0 Å². The first-order valence-electron chi connectivity index (χ1n) is 20.6. The number of aliphatic hydroxyl groups is 6. The van der Waals surface area contributed by atoms with Crippen LogP contribution in [0.1, 0.15) is 181 Å². The second-order valence-corrected chi connectivity index (χ2v) is 15.9. The van der Waals surface area contributed by atoms with Gasteiger partial charge in [0.05, 0.1) is 50.8 Å². The van der Waals surface area contributed by atoms with Gasteiger partial charge >= 0.3 is 0 Å². The summed E-state index contributed by atoms with van der Waals surface area (Å²) in [6.45, 7) is 4.93. The summed E-state index contributed by atoms with van der Waals surface area (Å²) in [6.07, 6.45) is 26.7. The lowest BCUT2D eigenvalue weighted by atomic mass is 10.1. The smallest absolute Gasteiger partial charge is 0.0892 e. The van der Waals surface area contributed by atoms with Gasteiger partial charge in [-0.05, 0) is 25.7 Å². The van der Waals surface area contributed by atoms with Crippen molar-refractivity contribution in [3.63, 3.8) is 0 Å². The van der Waals surface area contributed by atoms with Gasteiger partial charge < -0.3 is 40.1 Å². The molecule has 0 aromatic rings. The highest BCUT2D eigenvalue weighted by molar-refractivity contribution is 8.00. The van der Waals surface area contributed by atoms with E-state index in [1.54, 1.807) is 0 Å². The lowest BCUT2D eigenvalue weighted by Gasteiger charge is -2.31. The van der Waals surface area contributed by atoms with Crippen LogP contribution < -0.4 is 0 Å². The molecule has 0 amide bonds. The summed E-state index contributed by atoms with van der Waals surface area (Å²) in [5, 5.41) is 60.3. The number of thioether (sulfide) groups is 1. The summed E-state index contributed by atoms with van der Waals surface area (Å²) in [7, 11) is 0. The second kappa shape index (κ2) is 37.8. The van der Waals surface area contributed by atoms with Gasteiger partial charge in [0.15, 0.2) is 0 Å². The van der Waals surface area contributed by atoms with Crippen molar-refractivity contribution in [3.05, 3.63) is 0 Å². The topological polar surface area (TPSA) is 140 Å². The molecule has 0 bridgehead atoms. The van der Waals surface area contributed by atoms with Crippen LogP contribution in [0.5, 0.6) is 0 Å². The number of ether oxygens (including phenoxy) is 2. The lowest BCUT2D eigenvalue weighted by molar-refractivity contribution is 0.0147. The standard InChI is InChI=1S/C40H82O8S/c1-3-5-7-9-11-13-15-17-19-21-23-25-27-47-33-37(45)39(29-35(43)31-41)49-40(30-36(44)32-42)38(46)34-48-28-26-24-22-20-18-16-14-12-10-8-6-4-2/h35-46H,3-34H2,1-2H3. The van der Waals surface area contributed by atoms with Crippen LogP contribution in [0, 0.1) is 0 Å². The molecule has 0 spiro atoms. The van der Waals surface area contributed by atoms with Gasteiger partial charge in [0, 0.05) is 23.7 Å². The molecule has 296 valence electrons. The van der Waals surface area contributed by atoms with Gasteiger partial charge in [-0.15, -0.1) is 11.8 Å². The molecule has 0 radical (unpaired) electrons. The minimum atomic E-state index is -1.02. The molecule has 0 saturated heterocycles. The highest BCUT2D eigenvalue weighted by Crippen LogP contribution is 2.31. The Bertz CT molecular complexity index is 593. The summed E-state index contributed by atoms with van der Waals surface area (Å²) >= 11 is 1.26.